The maximum atomic E-state index is 13.8. The number of aromatic nitrogens is 2. The zero-order valence-electron chi connectivity index (χ0n) is 12.8. The summed E-state index contributed by atoms with van der Waals surface area (Å²) in [4.78, 5) is 10.9. The zero-order valence-corrected chi connectivity index (χ0v) is 14.3. The van der Waals surface area contributed by atoms with Crippen LogP contribution in [-0.4, -0.2) is 29.7 Å². The number of halogens is 3. The van der Waals surface area contributed by atoms with Gasteiger partial charge in [0.05, 0.1) is 11.6 Å². The molecule has 1 aliphatic heterocycles. The van der Waals surface area contributed by atoms with Gasteiger partial charge in [-0.1, -0.05) is 23.2 Å². The number of hydrogen-bond acceptors (Lipinski definition) is 4. The fourth-order valence-electron chi connectivity index (χ4n) is 2.69. The standard InChI is InChI=1S/C16H16Cl2FN3O/c1-9-5-16(21-10(2)20-9)22-3-4-23-15(8-22)11-6-14(19)13(18)7-12(11)17/h5-7,15H,3-4,8H2,1-2H3. The summed E-state index contributed by atoms with van der Waals surface area (Å²) in [5.41, 5.74) is 1.51. The van der Waals surface area contributed by atoms with Gasteiger partial charge in [-0.3, -0.25) is 0 Å². The Morgan fingerprint density at radius 2 is 1.96 bits per heavy atom. The number of benzene rings is 1. The van der Waals surface area contributed by atoms with E-state index in [9.17, 15) is 4.39 Å². The van der Waals surface area contributed by atoms with Gasteiger partial charge in [-0.2, -0.15) is 0 Å². The molecule has 0 amide bonds. The van der Waals surface area contributed by atoms with E-state index in [1.165, 1.54) is 12.1 Å². The summed E-state index contributed by atoms with van der Waals surface area (Å²) in [5.74, 6) is 1.06. The second-order valence-corrected chi connectivity index (χ2v) is 6.32. The lowest BCUT2D eigenvalue weighted by molar-refractivity contribution is 0.0394. The van der Waals surface area contributed by atoms with E-state index in [0.29, 0.717) is 30.3 Å². The first-order valence-corrected chi connectivity index (χ1v) is 8.03. The Balaban J connectivity index is 1.87. The minimum atomic E-state index is -0.500. The smallest absolute Gasteiger partial charge is 0.142 e. The highest BCUT2D eigenvalue weighted by Crippen LogP contribution is 2.33. The topological polar surface area (TPSA) is 38.2 Å². The van der Waals surface area contributed by atoms with Crippen molar-refractivity contribution in [1.29, 1.82) is 0 Å². The highest BCUT2D eigenvalue weighted by Gasteiger charge is 2.26. The second kappa shape index (κ2) is 6.59. The predicted octanol–water partition coefficient (Wildman–Crippen LogP) is 4.12. The van der Waals surface area contributed by atoms with Gasteiger partial charge < -0.3 is 9.64 Å². The number of anilines is 1. The maximum absolute atomic E-state index is 13.8. The summed E-state index contributed by atoms with van der Waals surface area (Å²) in [7, 11) is 0. The van der Waals surface area contributed by atoms with Crippen molar-refractivity contribution in [3.63, 3.8) is 0 Å². The molecule has 1 aromatic carbocycles. The number of hydrogen-bond donors (Lipinski definition) is 0. The van der Waals surface area contributed by atoms with Gasteiger partial charge in [-0.05, 0) is 26.0 Å². The molecule has 1 saturated heterocycles. The molecule has 122 valence electrons. The Hall–Kier alpha value is -1.43. The third-order valence-corrected chi connectivity index (χ3v) is 4.35. The maximum Gasteiger partial charge on any atom is 0.142 e. The summed E-state index contributed by atoms with van der Waals surface area (Å²) in [6, 6.07) is 4.68. The Morgan fingerprint density at radius 3 is 2.70 bits per heavy atom. The lowest BCUT2D eigenvalue weighted by Crippen LogP contribution is -2.39. The third-order valence-electron chi connectivity index (χ3n) is 3.73. The average Bonchev–Trinajstić information content (AvgIpc) is 2.50. The van der Waals surface area contributed by atoms with Crippen LogP contribution in [0.15, 0.2) is 18.2 Å². The van der Waals surface area contributed by atoms with Crippen molar-refractivity contribution in [2.75, 3.05) is 24.6 Å². The van der Waals surface area contributed by atoms with Gasteiger partial charge in [0.25, 0.3) is 0 Å². The fourth-order valence-corrected chi connectivity index (χ4v) is 3.19. The summed E-state index contributed by atoms with van der Waals surface area (Å²) < 4.78 is 19.5. The van der Waals surface area contributed by atoms with E-state index < -0.39 is 5.82 Å². The van der Waals surface area contributed by atoms with E-state index in [1.807, 2.05) is 19.9 Å². The fraction of sp³-hybridized carbons (Fsp3) is 0.375. The molecular formula is C16H16Cl2FN3O. The van der Waals surface area contributed by atoms with Gasteiger partial charge in [0, 0.05) is 35.4 Å². The molecule has 4 nitrogen and oxygen atoms in total. The second-order valence-electron chi connectivity index (χ2n) is 5.51. The largest absolute Gasteiger partial charge is 0.370 e. The molecule has 2 heterocycles. The molecule has 0 N–H and O–H groups in total. The number of rotatable bonds is 2. The summed E-state index contributed by atoms with van der Waals surface area (Å²) in [6.45, 7) is 5.55. The molecule has 0 spiro atoms. The molecule has 3 rings (SSSR count). The van der Waals surface area contributed by atoms with Crippen molar-refractivity contribution in [3.05, 3.63) is 51.1 Å². The molecule has 0 radical (unpaired) electrons. The third kappa shape index (κ3) is 3.57. The first kappa shape index (κ1) is 16.4. The van der Waals surface area contributed by atoms with Crippen molar-refractivity contribution in [1.82, 2.24) is 9.97 Å². The number of aryl methyl sites for hydroxylation is 2. The minimum Gasteiger partial charge on any atom is -0.370 e. The molecule has 0 bridgehead atoms. The molecule has 23 heavy (non-hydrogen) atoms. The van der Waals surface area contributed by atoms with Crippen molar-refractivity contribution in [3.8, 4) is 0 Å². The number of morpholine rings is 1. The molecular weight excluding hydrogens is 340 g/mol. The van der Waals surface area contributed by atoms with Crippen LogP contribution in [0.3, 0.4) is 0 Å². The van der Waals surface area contributed by atoms with Crippen LogP contribution < -0.4 is 4.90 Å². The van der Waals surface area contributed by atoms with Crippen LogP contribution in [0.5, 0.6) is 0 Å². The minimum absolute atomic E-state index is 0.00784. The Kier molecular flexibility index (Phi) is 4.71. The zero-order chi connectivity index (χ0) is 16.6. The van der Waals surface area contributed by atoms with E-state index in [1.54, 1.807) is 0 Å². The van der Waals surface area contributed by atoms with Gasteiger partial charge in [0.1, 0.15) is 23.6 Å². The van der Waals surface area contributed by atoms with Crippen molar-refractivity contribution >= 4 is 29.0 Å². The normalized spacial score (nSPS) is 18.3. The Morgan fingerprint density at radius 1 is 1.17 bits per heavy atom. The Bertz CT molecular complexity index is 721. The summed E-state index contributed by atoms with van der Waals surface area (Å²) in [5, 5.41) is 0.409. The molecule has 1 fully saturated rings. The van der Waals surface area contributed by atoms with Gasteiger partial charge in [-0.25, -0.2) is 14.4 Å². The average molecular weight is 356 g/mol. The number of ether oxygens (including phenoxy) is 1. The van der Waals surface area contributed by atoms with Crippen LogP contribution in [0.2, 0.25) is 10.0 Å². The highest BCUT2D eigenvalue weighted by molar-refractivity contribution is 6.35. The predicted molar refractivity (Wildman–Crippen MR) is 88.8 cm³/mol. The monoisotopic (exact) mass is 355 g/mol. The molecule has 2 aromatic rings. The lowest BCUT2D eigenvalue weighted by Gasteiger charge is -2.34. The molecule has 0 saturated carbocycles. The molecule has 1 aliphatic rings. The van der Waals surface area contributed by atoms with Crippen molar-refractivity contribution < 1.29 is 9.13 Å². The van der Waals surface area contributed by atoms with E-state index >= 15 is 0 Å². The quantitative estimate of drug-likeness (QED) is 0.759. The van der Waals surface area contributed by atoms with Gasteiger partial charge in [0.15, 0.2) is 0 Å². The van der Waals surface area contributed by atoms with Crippen LogP contribution >= 0.6 is 23.2 Å². The molecule has 1 atom stereocenters. The number of nitrogens with zero attached hydrogens (tertiary/aromatic N) is 3. The first-order valence-electron chi connectivity index (χ1n) is 7.27. The molecule has 1 unspecified atom stereocenters. The summed E-state index contributed by atoms with van der Waals surface area (Å²) in [6.07, 6.45) is -0.335. The van der Waals surface area contributed by atoms with Crippen LogP contribution in [0.4, 0.5) is 10.2 Å². The molecule has 1 aromatic heterocycles. The van der Waals surface area contributed by atoms with Gasteiger partial charge >= 0.3 is 0 Å². The van der Waals surface area contributed by atoms with Crippen LogP contribution in [-0.2, 0) is 4.74 Å². The lowest BCUT2D eigenvalue weighted by atomic mass is 10.1. The van der Waals surface area contributed by atoms with Crippen molar-refractivity contribution in [2.45, 2.75) is 20.0 Å². The molecule has 7 heteroatoms. The van der Waals surface area contributed by atoms with E-state index in [4.69, 9.17) is 27.9 Å². The summed E-state index contributed by atoms with van der Waals surface area (Å²) >= 11 is 12.0. The SMILES string of the molecule is Cc1cc(N2CCOC(c3cc(F)c(Cl)cc3Cl)C2)nc(C)n1. The van der Waals surface area contributed by atoms with E-state index in [0.717, 1.165) is 17.3 Å². The first-order chi connectivity index (χ1) is 10.9. The van der Waals surface area contributed by atoms with E-state index in [-0.39, 0.29) is 11.1 Å². The van der Waals surface area contributed by atoms with Crippen LogP contribution in [0.1, 0.15) is 23.2 Å². The van der Waals surface area contributed by atoms with Crippen LogP contribution in [0.25, 0.3) is 0 Å². The van der Waals surface area contributed by atoms with Gasteiger partial charge in [0.2, 0.25) is 0 Å². The van der Waals surface area contributed by atoms with Crippen molar-refractivity contribution in [2.24, 2.45) is 0 Å². The highest BCUT2D eigenvalue weighted by atomic mass is 35.5. The molecule has 0 aliphatic carbocycles. The Labute approximate surface area is 144 Å². The van der Waals surface area contributed by atoms with Crippen LogP contribution in [0, 0.1) is 19.7 Å². The van der Waals surface area contributed by atoms with Gasteiger partial charge in [-0.15, -0.1) is 0 Å². The van der Waals surface area contributed by atoms with E-state index in [2.05, 4.69) is 14.9 Å².